The minimum absolute atomic E-state index is 0.0361. The molecule has 194 valence electrons. The zero-order valence-corrected chi connectivity index (χ0v) is 20.0. The molecule has 1 aromatic carbocycles. The number of hydrogen-bond acceptors (Lipinski definition) is 6. The molecule has 1 aliphatic heterocycles. The van der Waals surface area contributed by atoms with Gasteiger partial charge in [0.2, 0.25) is 23.5 Å². The first kappa shape index (κ1) is 28.3. The number of carbonyl (C=O) groups is 4. The van der Waals surface area contributed by atoms with E-state index in [2.05, 4.69) is 5.32 Å². The lowest BCUT2D eigenvalue weighted by molar-refractivity contribution is -0.148. The third kappa shape index (κ3) is 8.36. The first-order valence-electron chi connectivity index (χ1n) is 11.8. The van der Waals surface area contributed by atoms with Gasteiger partial charge in [-0.2, -0.15) is 8.78 Å². The van der Waals surface area contributed by atoms with Gasteiger partial charge in [0.25, 0.3) is 0 Å². The molecule has 6 N–H and O–H groups in total. The van der Waals surface area contributed by atoms with Crippen LogP contribution in [-0.2, 0) is 25.6 Å². The molecule has 3 atom stereocenters. The standard InChI is InChI=1S/C24H35F2N5O4/c1-16(32)29-15-24(25,26)21(33)19(10-5-6-12-27)30-22(34)20-11-7-13-31(20)23(35)18(28)14-17-8-3-2-4-9-17/h2-4,8-9,18-20H,5-7,10-15,27-28H2,1H3,(H,29,32)(H,30,34)/t18-,19?,20+/m1/s1. The van der Waals surface area contributed by atoms with Crippen molar-refractivity contribution in [2.45, 2.75) is 69.5 Å². The fourth-order valence-electron chi connectivity index (χ4n) is 4.08. The number of carbonyl (C=O) groups excluding carboxylic acids is 4. The summed E-state index contributed by atoms with van der Waals surface area (Å²) in [5.74, 6) is -7.14. The molecule has 1 aliphatic rings. The van der Waals surface area contributed by atoms with E-state index in [1.165, 1.54) is 4.90 Å². The highest BCUT2D eigenvalue weighted by atomic mass is 19.3. The zero-order chi connectivity index (χ0) is 26.0. The van der Waals surface area contributed by atoms with Crippen molar-refractivity contribution in [3.8, 4) is 0 Å². The predicted molar refractivity (Wildman–Crippen MR) is 126 cm³/mol. The summed E-state index contributed by atoms with van der Waals surface area (Å²) in [5, 5.41) is 4.37. The maximum absolute atomic E-state index is 14.5. The minimum Gasteiger partial charge on any atom is -0.350 e. The molecule has 1 aromatic rings. The van der Waals surface area contributed by atoms with Crippen LogP contribution in [0, 0.1) is 0 Å². The lowest BCUT2D eigenvalue weighted by Crippen LogP contribution is -2.57. The van der Waals surface area contributed by atoms with Crippen molar-refractivity contribution in [1.82, 2.24) is 15.5 Å². The maximum Gasteiger partial charge on any atom is 0.324 e. The Bertz CT molecular complexity index is 884. The maximum atomic E-state index is 14.5. The molecule has 9 nitrogen and oxygen atoms in total. The summed E-state index contributed by atoms with van der Waals surface area (Å²) in [4.78, 5) is 51.0. The Balaban J connectivity index is 2.09. The fourth-order valence-corrected chi connectivity index (χ4v) is 4.08. The zero-order valence-electron chi connectivity index (χ0n) is 20.0. The second-order valence-electron chi connectivity index (χ2n) is 8.81. The molecule has 35 heavy (non-hydrogen) atoms. The van der Waals surface area contributed by atoms with Gasteiger partial charge in [0, 0.05) is 13.5 Å². The highest BCUT2D eigenvalue weighted by Crippen LogP contribution is 2.22. The monoisotopic (exact) mass is 495 g/mol. The highest BCUT2D eigenvalue weighted by Gasteiger charge is 2.45. The van der Waals surface area contributed by atoms with Crippen molar-refractivity contribution in [3.05, 3.63) is 35.9 Å². The summed E-state index contributed by atoms with van der Waals surface area (Å²) >= 11 is 0. The summed E-state index contributed by atoms with van der Waals surface area (Å²) in [6.45, 7) is 0.521. The van der Waals surface area contributed by atoms with E-state index in [4.69, 9.17) is 11.5 Å². The van der Waals surface area contributed by atoms with Crippen LogP contribution in [-0.4, -0.2) is 72.1 Å². The number of hydrogen-bond donors (Lipinski definition) is 4. The van der Waals surface area contributed by atoms with Gasteiger partial charge in [0.15, 0.2) is 0 Å². The Labute approximate surface area is 204 Å². The van der Waals surface area contributed by atoms with Gasteiger partial charge < -0.3 is 27.0 Å². The van der Waals surface area contributed by atoms with Gasteiger partial charge in [-0.1, -0.05) is 30.3 Å². The predicted octanol–water partition coefficient (Wildman–Crippen LogP) is 0.502. The molecule has 0 bridgehead atoms. The van der Waals surface area contributed by atoms with Gasteiger partial charge in [-0.3, -0.25) is 19.2 Å². The van der Waals surface area contributed by atoms with Crippen molar-refractivity contribution >= 4 is 23.5 Å². The number of benzene rings is 1. The van der Waals surface area contributed by atoms with Crippen molar-refractivity contribution in [2.75, 3.05) is 19.6 Å². The first-order valence-corrected chi connectivity index (χ1v) is 11.8. The second-order valence-corrected chi connectivity index (χ2v) is 8.81. The van der Waals surface area contributed by atoms with Crippen LogP contribution in [0.1, 0.15) is 44.6 Å². The number of amides is 3. The molecule has 1 fully saturated rings. The van der Waals surface area contributed by atoms with Crippen LogP contribution in [0.15, 0.2) is 30.3 Å². The number of ketones is 1. The Hall–Kier alpha value is -2.92. The largest absolute Gasteiger partial charge is 0.350 e. The molecular formula is C24H35F2N5O4. The van der Waals surface area contributed by atoms with Crippen molar-refractivity contribution in [3.63, 3.8) is 0 Å². The number of alkyl halides is 2. The van der Waals surface area contributed by atoms with Gasteiger partial charge in [-0.05, 0) is 50.6 Å². The molecule has 0 saturated carbocycles. The van der Waals surface area contributed by atoms with Gasteiger partial charge in [-0.25, -0.2) is 0 Å². The molecule has 0 aromatic heterocycles. The lowest BCUT2D eigenvalue weighted by atomic mass is 9.99. The molecule has 0 aliphatic carbocycles. The van der Waals surface area contributed by atoms with Gasteiger partial charge in [-0.15, -0.1) is 0 Å². The lowest BCUT2D eigenvalue weighted by Gasteiger charge is -2.29. The number of likely N-dealkylation sites (tertiary alicyclic amines) is 1. The SMILES string of the molecule is CC(=O)NCC(F)(F)C(=O)C(CCCCN)NC(=O)[C@@H]1CCCN1C(=O)[C@H](N)Cc1ccccc1. The van der Waals surface area contributed by atoms with Gasteiger partial charge >= 0.3 is 5.92 Å². The number of Topliss-reactive ketones (excluding diaryl/α,β-unsaturated/α-hetero) is 1. The number of nitrogens with two attached hydrogens (primary N) is 2. The fraction of sp³-hybridized carbons (Fsp3) is 0.583. The first-order chi connectivity index (χ1) is 16.6. The van der Waals surface area contributed by atoms with E-state index in [-0.39, 0.29) is 6.42 Å². The quantitative estimate of drug-likeness (QED) is 0.293. The van der Waals surface area contributed by atoms with E-state index in [9.17, 15) is 28.0 Å². The molecule has 0 radical (unpaired) electrons. The van der Waals surface area contributed by atoms with Crippen molar-refractivity contribution < 1.29 is 28.0 Å². The summed E-state index contributed by atoms with van der Waals surface area (Å²) in [7, 11) is 0. The van der Waals surface area contributed by atoms with Gasteiger partial charge in [0.05, 0.1) is 18.6 Å². The summed E-state index contributed by atoms with van der Waals surface area (Å²) in [6.07, 6.45) is 1.97. The van der Waals surface area contributed by atoms with E-state index in [1.807, 2.05) is 35.6 Å². The van der Waals surface area contributed by atoms with Crippen LogP contribution < -0.4 is 22.1 Å². The molecule has 1 heterocycles. The van der Waals surface area contributed by atoms with E-state index in [0.29, 0.717) is 45.2 Å². The Morgan fingerprint density at radius 2 is 1.86 bits per heavy atom. The second kappa shape index (κ2) is 13.2. The highest BCUT2D eigenvalue weighted by molar-refractivity contribution is 5.96. The average Bonchev–Trinajstić information content (AvgIpc) is 3.32. The molecule has 11 heteroatoms. The van der Waals surface area contributed by atoms with Gasteiger partial charge in [0.1, 0.15) is 6.04 Å². The molecule has 0 spiro atoms. The Morgan fingerprint density at radius 3 is 2.49 bits per heavy atom. The van der Waals surface area contributed by atoms with Crippen molar-refractivity contribution in [1.29, 1.82) is 0 Å². The minimum atomic E-state index is -3.87. The molecule has 1 saturated heterocycles. The number of nitrogens with one attached hydrogen (secondary N) is 2. The van der Waals surface area contributed by atoms with E-state index in [1.54, 1.807) is 0 Å². The third-order valence-electron chi connectivity index (χ3n) is 5.95. The number of rotatable bonds is 13. The number of unbranched alkanes of at least 4 members (excludes halogenated alkanes) is 1. The van der Waals surface area contributed by atoms with Crippen LogP contribution >= 0.6 is 0 Å². The Morgan fingerprint density at radius 1 is 1.17 bits per heavy atom. The topological polar surface area (TPSA) is 148 Å². The summed E-state index contributed by atoms with van der Waals surface area (Å²) < 4.78 is 28.9. The van der Waals surface area contributed by atoms with E-state index in [0.717, 1.165) is 12.5 Å². The van der Waals surface area contributed by atoms with Crippen LogP contribution in [0.2, 0.25) is 0 Å². The smallest absolute Gasteiger partial charge is 0.324 e. The number of halogens is 2. The van der Waals surface area contributed by atoms with E-state index < -0.39 is 54.1 Å². The summed E-state index contributed by atoms with van der Waals surface area (Å²) in [6, 6.07) is 5.97. The molecule has 1 unspecified atom stereocenters. The van der Waals surface area contributed by atoms with E-state index >= 15 is 0 Å². The normalized spacial score (nSPS) is 17.5. The molecular weight excluding hydrogens is 460 g/mol. The number of nitrogens with zero attached hydrogens (tertiary/aromatic N) is 1. The van der Waals surface area contributed by atoms with Crippen LogP contribution in [0.4, 0.5) is 8.78 Å². The molecule has 3 amide bonds. The summed E-state index contributed by atoms with van der Waals surface area (Å²) in [5.41, 5.74) is 12.5. The van der Waals surface area contributed by atoms with Crippen LogP contribution in [0.3, 0.4) is 0 Å². The van der Waals surface area contributed by atoms with Crippen LogP contribution in [0.25, 0.3) is 0 Å². The Kier molecular flexibility index (Phi) is 10.7. The van der Waals surface area contributed by atoms with Crippen molar-refractivity contribution in [2.24, 2.45) is 11.5 Å². The third-order valence-corrected chi connectivity index (χ3v) is 5.95. The average molecular weight is 496 g/mol. The van der Waals surface area contributed by atoms with Crippen LogP contribution in [0.5, 0.6) is 0 Å². The molecule has 2 rings (SSSR count).